The number of amides is 2. The molecule has 3 aliphatic rings. The van der Waals surface area contributed by atoms with Gasteiger partial charge in [0.2, 0.25) is 11.8 Å². The van der Waals surface area contributed by atoms with Crippen LogP contribution >= 0.6 is 11.3 Å². The van der Waals surface area contributed by atoms with Crippen LogP contribution in [-0.4, -0.2) is 53.3 Å². The Labute approximate surface area is 153 Å². The molecule has 1 aromatic rings. The normalized spacial score (nSPS) is 27.5. The van der Waals surface area contributed by atoms with Crippen molar-refractivity contribution in [1.82, 2.24) is 15.1 Å². The monoisotopic (exact) mass is 361 g/mol. The van der Waals surface area contributed by atoms with E-state index >= 15 is 0 Å². The Bertz CT molecular complexity index is 639. The van der Waals surface area contributed by atoms with Crippen LogP contribution in [0.3, 0.4) is 0 Å². The van der Waals surface area contributed by atoms with E-state index < -0.39 is 0 Å². The van der Waals surface area contributed by atoms with Crippen LogP contribution in [0.2, 0.25) is 0 Å². The van der Waals surface area contributed by atoms with E-state index in [2.05, 4.69) is 27.0 Å². The molecule has 136 valence electrons. The number of piperidine rings is 1. The van der Waals surface area contributed by atoms with E-state index in [1.165, 1.54) is 5.56 Å². The highest BCUT2D eigenvalue weighted by molar-refractivity contribution is 7.07. The average molecular weight is 362 g/mol. The summed E-state index contributed by atoms with van der Waals surface area (Å²) < 4.78 is 0. The van der Waals surface area contributed by atoms with Crippen molar-refractivity contribution in [3.63, 3.8) is 0 Å². The molecule has 3 heterocycles. The number of hydrogen-bond donors (Lipinski definition) is 1. The number of nitrogens with one attached hydrogen (secondary N) is 1. The molecule has 25 heavy (non-hydrogen) atoms. The predicted molar refractivity (Wildman–Crippen MR) is 98.2 cm³/mol. The minimum atomic E-state index is -0.254. The molecule has 0 aromatic carbocycles. The Morgan fingerprint density at radius 3 is 2.88 bits per heavy atom. The molecule has 0 unspecified atom stereocenters. The molecule has 5 nitrogen and oxygen atoms in total. The molecule has 2 atom stereocenters. The lowest BCUT2D eigenvalue weighted by Crippen LogP contribution is -2.49. The fraction of sp³-hybridized carbons (Fsp3) is 0.684. The van der Waals surface area contributed by atoms with Crippen molar-refractivity contribution in [3.8, 4) is 0 Å². The minimum absolute atomic E-state index is 0.0266. The highest BCUT2D eigenvalue weighted by atomic mass is 32.1. The number of thiophene rings is 1. The average Bonchev–Trinajstić information content (AvgIpc) is 3.06. The Morgan fingerprint density at radius 2 is 2.20 bits per heavy atom. The zero-order valence-electron chi connectivity index (χ0n) is 14.9. The lowest BCUT2D eigenvalue weighted by atomic mass is 9.93. The van der Waals surface area contributed by atoms with Crippen LogP contribution in [0.25, 0.3) is 0 Å². The first-order valence-electron chi connectivity index (χ1n) is 9.40. The number of carbonyl (C=O) groups excluding carboxylic acids is 2. The van der Waals surface area contributed by atoms with Crippen LogP contribution in [-0.2, 0) is 16.1 Å². The first kappa shape index (κ1) is 17.0. The second-order valence-electron chi connectivity index (χ2n) is 7.80. The summed E-state index contributed by atoms with van der Waals surface area (Å²) in [6, 6.07) is 2.20. The molecule has 4 rings (SSSR count). The highest BCUT2D eigenvalue weighted by Gasteiger charge is 2.58. The summed E-state index contributed by atoms with van der Waals surface area (Å²) in [5.41, 5.74) is 1.53. The van der Waals surface area contributed by atoms with Crippen molar-refractivity contribution in [2.45, 2.75) is 57.7 Å². The summed E-state index contributed by atoms with van der Waals surface area (Å²) in [7, 11) is 0. The second kappa shape index (κ2) is 6.72. The van der Waals surface area contributed by atoms with Crippen LogP contribution in [0.1, 0.15) is 44.6 Å². The van der Waals surface area contributed by atoms with Gasteiger partial charge in [-0.25, -0.2) is 0 Å². The van der Waals surface area contributed by atoms with E-state index in [1.807, 2.05) is 0 Å². The summed E-state index contributed by atoms with van der Waals surface area (Å²) in [6.07, 6.45) is 5.18. The third-order valence-corrected chi connectivity index (χ3v) is 7.01. The van der Waals surface area contributed by atoms with Gasteiger partial charge in [-0.15, -0.1) is 0 Å². The van der Waals surface area contributed by atoms with Crippen molar-refractivity contribution in [1.29, 1.82) is 0 Å². The van der Waals surface area contributed by atoms with Crippen molar-refractivity contribution in [2.75, 3.05) is 19.6 Å². The third-order valence-electron chi connectivity index (χ3n) is 6.28. The Balaban J connectivity index is 1.55. The fourth-order valence-corrected chi connectivity index (χ4v) is 5.40. The number of hydrogen-bond acceptors (Lipinski definition) is 4. The molecule has 3 fully saturated rings. The number of nitrogens with zero attached hydrogens (tertiary/aromatic N) is 2. The fourth-order valence-electron chi connectivity index (χ4n) is 4.74. The number of carbonyl (C=O) groups is 2. The molecule has 1 aliphatic carbocycles. The summed E-state index contributed by atoms with van der Waals surface area (Å²) in [6.45, 7) is 5.10. The molecule has 1 N–H and O–H groups in total. The van der Waals surface area contributed by atoms with Crippen LogP contribution in [0.15, 0.2) is 16.8 Å². The molecule has 0 bridgehead atoms. The lowest BCUT2D eigenvalue weighted by molar-refractivity contribution is -0.144. The smallest absolute Gasteiger partial charge is 0.245 e. The van der Waals surface area contributed by atoms with Gasteiger partial charge in [-0.2, -0.15) is 11.3 Å². The van der Waals surface area contributed by atoms with E-state index in [-0.39, 0.29) is 17.9 Å². The van der Waals surface area contributed by atoms with Gasteiger partial charge in [0.25, 0.3) is 0 Å². The van der Waals surface area contributed by atoms with Gasteiger partial charge in [0.15, 0.2) is 0 Å². The van der Waals surface area contributed by atoms with Crippen LogP contribution in [0.4, 0.5) is 0 Å². The topological polar surface area (TPSA) is 52.7 Å². The van der Waals surface area contributed by atoms with Gasteiger partial charge < -0.3 is 15.1 Å². The van der Waals surface area contributed by atoms with Crippen LogP contribution in [0, 0.1) is 5.41 Å². The Kier molecular flexibility index (Phi) is 4.58. The third kappa shape index (κ3) is 3.22. The largest absolute Gasteiger partial charge is 0.333 e. The van der Waals surface area contributed by atoms with Crippen LogP contribution in [0.5, 0.6) is 0 Å². The zero-order valence-corrected chi connectivity index (χ0v) is 15.7. The van der Waals surface area contributed by atoms with Crippen LogP contribution < -0.4 is 5.32 Å². The highest BCUT2D eigenvalue weighted by Crippen LogP contribution is 2.56. The van der Waals surface area contributed by atoms with Crippen molar-refractivity contribution < 1.29 is 9.59 Å². The van der Waals surface area contributed by atoms with E-state index in [1.54, 1.807) is 23.2 Å². The Hall–Kier alpha value is -1.40. The molecule has 0 radical (unpaired) electrons. The van der Waals surface area contributed by atoms with Crippen molar-refractivity contribution in [3.05, 3.63) is 22.4 Å². The number of likely N-dealkylation sites (tertiary alicyclic amines) is 1. The quantitative estimate of drug-likeness (QED) is 0.895. The molecule has 1 saturated carbocycles. The molecule has 1 aromatic heterocycles. The summed E-state index contributed by atoms with van der Waals surface area (Å²) >= 11 is 1.68. The molecular formula is C19H27N3O2S. The number of rotatable bonds is 4. The molecule has 2 amide bonds. The summed E-state index contributed by atoms with van der Waals surface area (Å²) in [5, 5.41) is 7.64. The van der Waals surface area contributed by atoms with E-state index in [0.717, 1.165) is 51.7 Å². The second-order valence-corrected chi connectivity index (χ2v) is 8.58. The van der Waals surface area contributed by atoms with Crippen molar-refractivity contribution >= 4 is 23.2 Å². The first-order chi connectivity index (χ1) is 12.1. The van der Waals surface area contributed by atoms with Gasteiger partial charge in [0.1, 0.15) is 6.04 Å². The molecule has 1 spiro atoms. The summed E-state index contributed by atoms with van der Waals surface area (Å²) in [4.78, 5) is 29.2. The van der Waals surface area contributed by atoms with Gasteiger partial charge in [0, 0.05) is 26.1 Å². The maximum absolute atomic E-state index is 13.4. The maximum atomic E-state index is 13.4. The van der Waals surface area contributed by atoms with Crippen molar-refractivity contribution in [2.24, 2.45) is 5.41 Å². The van der Waals surface area contributed by atoms with Gasteiger partial charge in [-0.3, -0.25) is 9.59 Å². The SMILES string of the molecule is CC(=O)N1CCC[C@H]1C(=O)N(Cc1ccsc1)[C@H]1CC12CCNCC2. The Morgan fingerprint density at radius 1 is 1.40 bits per heavy atom. The summed E-state index contributed by atoms with van der Waals surface area (Å²) in [5.74, 6) is 0.193. The minimum Gasteiger partial charge on any atom is -0.333 e. The molecule has 2 aliphatic heterocycles. The molecule has 6 heteroatoms. The van der Waals surface area contributed by atoms with E-state index in [0.29, 0.717) is 18.0 Å². The predicted octanol–water partition coefficient (Wildman–Crippen LogP) is 2.23. The zero-order chi connectivity index (χ0) is 17.4. The van der Waals surface area contributed by atoms with Gasteiger partial charge in [-0.1, -0.05) is 0 Å². The van der Waals surface area contributed by atoms with Gasteiger partial charge in [-0.05, 0) is 73.0 Å². The molecule has 2 saturated heterocycles. The van der Waals surface area contributed by atoms with Gasteiger partial charge in [0.05, 0.1) is 0 Å². The molecular weight excluding hydrogens is 334 g/mol. The van der Waals surface area contributed by atoms with E-state index in [9.17, 15) is 9.59 Å². The lowest BCUT2D eigenvalue weighted by Gasteiger charge is -2.33. The van der Waals surface area contributed by atoms with E-state index in [4.69, 9.17) is 0 Å². The first-order valence-corrected chi connectivity index (χ1v) is 10.3. The van der Waals surface area contributed by atoms with Gasteiger partial charge >= 0.3 is 0 Å². The maximum Gasteiger partial charge on any atom is 0.245 e. The standard InChI is InChI=1S/C19H27N3O2S/c1-14(23)21-9-2-3-16(21)18(24)22(12-15-4-10-25-13-15)17-11-19(17)5-7-20-8-6-19/h4,10,13,16-17,20H,2-3,5-9,11-12H2,1H3/t16-,17-/m0/s1.